The molecule has 1 amide bonds. The molecular formula is C12H21NO2. The van der Waals surface area contributed by atoms with Gasteiger partial charge in [-0.15, -0.1) is 0 Å². The fraction of sp³-hybridized carbons (Fsp3) is 0.750. The minimum absolute atomic E-state index is 0.0304. The van der Waals surface area contributed by atoms with Gasteiger partial charge in [-0.05, 0) is 33.1 Å². The highest BCUT2D eigenvalue weighted by Crippen LogP contribution is 2.31. The van der Waals surface area contributed by atoms with Crippen molar-refractivity contribution >= 4 is 6.09 Å². The van der Waals surface area contributed by atoms with Crippen LogP contribution in [0.5, 0.6) is 0 Å². The summed E-state index contributed by atoms with van der Waals surface area (Å²) in [6, 6.07) is 0. The molecule has 0 radical (unpaired) electrons. The van der Waals surface area contributed by atoms with Crippen LogP contribution in [0.4, 0.5) is 4.79 Å². The monoisotopic (exact) mass is 211 g/mol. The summed E-state index contributed by atoms with van der Waals surface area (Å²) in [5.74, 6) is 0.348. The fourth-order valence-corrected chi connectivity index (χ4v) is 2.13. The van der Waals surface area contributed by atoms with Crippen LogP contribution in [0.25, 0.3) is 0 Å². The molecule has 2 atom stereocenters. The van der Waals surface area contributed by atoms with Crippen LogP contribution in [0, 0.1) is 5.92 Å². The van der Waals surface area contributed by atoms with Gasteiger partial charge in [0.05, 0.1) is 0 Å². The standard InChI is InChI=1S/C12H21NO2/c1-4-13-12(14)15-11-8-6-5-7-10(11)9(2)3/h10-11H,2,4-8H2,1,3H3,(H,13,14). The van der Waals surface area contributed by atoms with Gasteiger partial charge in [-0.3, -0.25) is 0 Å². The molecule has 2 unspecified atom stereocenters. The third-order valence-electron chi connectivity index (χ3n) is 2.92. The van der Waals surface area contributed by atoms with Crippen molar-refractivity contribution in [2.24, 2.45) is 5.92 Å². The van der Waals surface area contributed by atoms with Crippen LogP contribution in [-0.2, 0) is 4.74 Å². The zero-order valence-corrected chi connectivity index (χ0v) is 9.71. The lowest BCUT2D eigenvalue weighted by Gasteiger charge is -2.31. The molecule has 0 aliphatic heterocycles. The first-order valence-electron chi connectivity index (χ1n) is 5.75. The van der Waals surface area contributed by atoms with E-state index in [1.807, 2.05) is 13.8 Å². The van der Waals surface area contributed by atoms with Crippen molar-refractivity contribution in [2.75, 3.05) is 6.54 Å². The molecule has 0 heterocycles. The van der Waals surface area contributed by atoms with Crippen LogP contribution >= 0.6 is 0 Å². The molecule has 1 N–H and O–H groups in total. The first-order chi connectivity index (χ1) is 7.15. The summed E-state index contributed by atoms with van der Waals surface area (Å²) in [5, 5.41) is 2.66. The van der Waals surface area contributed by atoms with Gasteiger partial charge < -0.3 is 10.1 Å². The fourth-order valence-electron chi connectivity index (χ4n) is 2.13. The lowest BCUT2D eigenvalue weighted by atomic mass is 9.82. The summed E-state index contributed by atoms with van der Waals surface area (Å²) in [4.78, 5) is 11.3. The summed E-state index contributed by atoms with van der Waals surface area (Å²) >= 11 is 0. The maximum atomic E-state index is 11.3. The summed E-state index contributed by atoms with van der Waals surface area (Å²) in [6.07, 6.45) is 4.16. The molecule has 3 heteroatoms. The molecule has 3 nitrogen and oxygen atoms in total. The maximum Gasteiger partial charge on any atom is 0.407 e. The molecule has 1 aliphatic rings. The van der Waals surface area contributed by atoms with Crippen molar-refractivity contribution < 1.29 is 9.53 Å². The van der Waals surface area contributed by atoms with Gasteiger partial charge in [-0.25, -0.2) is 4.79 Å². The predicted molar refractivity (Wildman–Crippen MR) is 60.7 cm³/mol. The Hall–Kier alpha value is -0.990. The molecule has 1 aliphatic carbocycles. The van der Waals surface area contributed by atoms with Gasteiger partial charge in [0.1, 0.15) is 6.10 Å². The summed E-state index contributed by atoms with van der Waals surface area (Å²) in [6.45, 7) is 8.49. The highest BCUT2D eigenvalue weighted by atomic mass is 16.6. The third-order valence-corrected chi connectivity index (χ3v) is 2.92. The summed E-state index contributed by atoms with van der Waals surface area (Å²) in [7, 11) is 0. The Bertz CT molecular complexity index is 238. The van der Waals surface area contributed by atoms with Crippen LogP contribution in [0.1, 0.15) is 39.5 Å². The first-order valence-corrected chi connectivity index (χ1v) is 5.75. The number of nitrogens with one attached hydrogen (secondary N) is 1. The topological polar surface area (TPSA) is 38.3 Å². The number of rotatable bonds is 3. The van der Waals surface area contributed by atoms with E-state index in [4.69, 9.17) is 4.74 Å². The van der Waals surface area contributed by atoms with Crippen molar-refractivity contribution in [1.29, 1.82) is 0 Å². The summed E-state index contributed by atoms with van der Waals surface area (Å²) < 4.78 is 5.39. The van der Waals surface area contributed by atoms with Crippen LogP contribution in [0.15, 0.2) is 12.2 Å². The molecule has 1 fully saturated rings. The summed E-state index contributed by atoms with van der Waals surface area (Å²) in [5.41, 5.74) is 1.13. The largest absolute Gasteiger partial charge is 0.446 e. The van der Waals surface area contributed by atoms with E-state index in [1.54, 1.807) is 0 Å². The minimum Gasteiger partial charge on any atom is -0.446 e. The van der Waals surface area contributed by atoms with Gasteiger partial charge in [-0.2, -0.15) is 0 Å². The van der Waals surface area contributed by atoms with Crippen LogP contribution < -0.4 is 5.32 Å². The second-order valence-corrected chi connectivity index (χ2v) is 4.21. The second kappa shape index (κ2) is 5.79. The Morgan fingerprint density at radius 2 is 2.13 bits per heavy atom. The highest BCUT2D eigenvalue weighted by Gasteiger charge is 2.28. The molecular weight excluding hydrogens is 190 g/mol. The smallest absolute Gasteiger partial charge is 0.407 e. The number of carbonyl (C=O) groups is 1. The Morgan fingerprint density at radius 1 is 1.47 bits per heavy atom. The molecule has 0 bridgehead atoms. The van der Waals surface area contributed by atoms with E-state index >= 15 is 0 Å². The second-order valence-electron chi connectivity index (χ2n) is 4.21. The SMILES string of the molecule is C=C(C)C1CCCCC1OC(=O)NCC. The number of ether oxygens (including phenoxy) is 1. The number of hydrogen-bond acceptors (Lipinski definition) is 2. The average molecular weight is 211 g/mol. The predicted octanol–water partition coefficient (Wildman–Crippen LogP) is 2.87. The van der Waals surface area contributed by atoms with Crippen LogP contribution in [-0.4, -0.2) is 18.7 Å². The van der Waals surface area contributed by atoms with E-state index in [0.717, 1.165) is 24.8 Å². The quantitative estimate of drug-likeness (QED) is 0.729. The molecule has 0 spiro atoms. The lowest BCUT2D eigenvalue weighted by molar-refractivity contribution is 0.0495. The Kier molecular flexibility index (Phi) is 4.66. The van der Waals surface area contributed by atoms with E-state index in [-0.39, 0.29) is 12.2 Å². The molecule has 15 heavy (non-hydrogen) atoms. The van der Waals surface area contributed by atoms with Crippen molar-refractivity contribution in [2.45, 2.75) is 45.6 Å². The zero-order valence-electron chi connectivity index (χ0n) is 9.71. The van der Waals surface area contributed by atoms with Crippen LogP contribution in [0.3, 0.4) is 0 Å². The van der Waals surface area contributed by atoms with E-state index in [9.17, 15) is 4.79 Å². The normalized spacial score (nSPS) is 25.7. The molecule has 1 saturated carbocycles. The van der Waals surface area contributed by atoms with E-state index in [2.05, 4.69) is 11.9 Å². The highest BCUT2D eigenvalue weighted by molar-refractivity contribution is 5.67. The number of alkyl carbamates (subject to hydrolysis) is 1. The van der Waals surface area contributed by atoms with Crippen molar-refractivity contribution in [3.8, 4) is 0 Å². The van der Waals surface area contributed by atoms with Gasteiger partial charge in [-0.1, -0.05) is 18.6 Å². The third kappa shape index (κ3) is 3.57. The van der Waals surface area contributed by atoms with Crippen molar-refractivity contribution in [1.82, 2.24) is 5.32 Å². The van der Waals surface area contributed by atoms with Crippen LogP contribution in [0.2, 0.25) is 0 Å². The number of hydrogen-bond donors (Lipinski definition) is 1. The van der Waals surface area contributed by atoms with Gasteiger partial charge in [0.15, 0.2) is 0 Å². The Balaban J connectivity index is 2.49. The zero-order chi connectivity index (χ0) is 11.3. The number of amides is 1. The van der Waals surface area contributed by atoms with E-state index < -0.39 is 0 Å². The van der Waals surface area contributed by atoms with Crippen molar-refractivity contribution in [3.05, 3.63) is 12.2 Å². The molecule has 0 aromatic heterocycles. The van der Waals surface area contributed by atoms with Gasteiger partial charge >= 0.3 is 6.09 Å². The molecule has 86 valence electrons. The maximum absolute atomic E-state index is 11.3. The molecule has 0 aromatic carbocycles. The first kappa shape index (κ1) is 12.1. The molecule has 0 aromatic rings. The van der Waals surface area contributed by atoms with Gasteiger partial charge in [0.25, 0.3) is 0 Å². The lowest BCUT2D eigenvalue weighted by Crippen LogP contribution is -2.35. The van der Waals surface area contributed by atoms with Crippen molar-refractivity contribution in [3.63, 3.8) is 0 Å². The van der Waals surface area contributed by atoms with Gasteiger partial charge in [0, 0.05) is 12.5 Å². The molecule has 1 rings (SSSR count). The average Bonchev–Trinajstić information content (AvgIpc) is 2.18. The Morgan fingerprint density at radius 3 is 2.73 bits per heavy atom. The van der Waals surface area contributed by atoms with E-state index in [1.165, 1.54) is 6.42 Å². The van der Waals surface area contributed by atoms with Gasteiger partial charge in [0.2, 0.25) is 0 Å². The minimum atomic E-state index is -0.296. The Labute approximate surface area is 91.9 Å². The molecule has 0 saturated heterocycles. The van der Waals surface area contributed by atoms with E-state index in [0.29, 0.717) is 12.5 Å². The number of carbonyl (C=O) groups excluding carboxylic acids is 1.